The number of carbonyl (C=O) groups is 1. The Hall–Kier alpha value is -2.93. The highest BCUT2D eigenvalue weighted by Crippen LogP contribution is 2.15. The van der Waals surface area contributed by atoms with Crippen molar-refractivity contribution in [3.05, 3.63) is 59.9 Å². The number of anilines is 1. The van der Waals surface area contributed by atoms with Crippen LogP contribution in [0.5, 0.6) is 0 Å². The van der Waals surface area contributed by atoms with E-state index < -0.39 is 0 Å². The second kappa shape index (κ2) is 7.76. The van der Waals surface area contributed by atoms with Crippen LogP contribution >= 0.6 is 12.2 Å². The first kappa shape index (κ1) is 16.9. The van der Waals surface area contributed by atoms with Crippen LogP contribution in [-0.2, 0) is 17.6 Å². The molecule has 2 aromatic carbocycles. The van der Waals surface area contributed by atoms with Gasteiger partial charge in [-0.2, -0.15) is 0 Å². The van der Waals surface area contributed by atoms with Crippen LogP contribution in [0.4, 0.5) is 5.69 Å². The molecule has 1 heterocycles. The fourth-order valence-electron chi connectivity index (χ4n) is 2.52. The highest BCUT2D eigenvalue weighted by Gasteiger charge is 2.09. The Morgan fingerprint density at radius 1 is 1.12 bits per heavy atom. The highest BCUT2D eigenvalue weighted by molar-refractivity contribution is 7.80. The number of hydrogen-bond acceptors (Lipinski definition) is 3. The van der Waals surface area contributed by atoms with Crippen LogP contribution in [0.25, 0.3) is 11.0 Å². The minimum absolute atomic E-state index is 0.135. The van der Waals surface area contributed by atoms with Gasteiger partial charge in [0.1, 0.15) is 5.82 Å². The Balaban J connectivity index is 1.52. The van der Waals surface area contributed by atoms with Crippen molar-refractivity contribution < 1.29 is 4.79 Å². The highest BCUT2D eigenvalue weighted by atomic mass is 32.1. The smallest absolute Gasteiger partial charge is 0.245 e. The molecule has 0 saturated carbocycles. The molecule has 3 aromatic rings. The van der Waals surface area contributed by atoms with E-state index in [4.69, 9.17) is 12.2 Å². The molecule has 25 heavy (non-hydrogen) atoms. The number of amides is 1. The van der Waals surface area contributed by atoms with E-state index in [0.29, 0.717) is 10.9 Å². The lowest BCUT2D eigenvalue weighted by Crippen LogP contribution is -2.44. The minimum Gasteiger partial charge on any atom is -0.342 e. The molecule has 0 aliphatic carbocycles. The third-order valence-electron chi connectivity index (χ3n) is 3.73. The molecule has 0 unspecified atom stereocenters. The number of nitrogens with zero attached hydrogens (tertiary/aromatic N) is 1. The fourth-order valence-corrected chi connectivity index (χ4v) is 2.68. The number of benzene rings is 2. The van der Waals surface area contributed by atoms with E-state index >= 15 is 0 Å². The predicted molar refractivity (Wildman–Crippen MR) is 103 cm³/mol. The van der Waals surface area contributed by atoms with Crippen LogP contribution in [0.3, 0.4) is 0 Å². The largest absolute Gasteiger partial charge is 0.342 e. The number of aryl methyl sites for hydroxylation is 1. The van der Waals surface area contributed by atoms with Crippen LogP contribution in [-0.4, -0.2) is 21.0 Å². The molecule has 0 atom stereocenters. The average molecular weight is 353 g/mol. The number of thiocarbonyl (C=S) groups is 1. The maximum atomic E-state index is 12.0. The number of rotatable bonds is 4. The van der Waals surface area contributed by atoms with Crippen molar-refractivity contribution in [2.45, 2.75) is 19.8 Å². The van der Waals surface area contributed by atoms with Crippen molar-refractivity contribution in [3.8, 4) is 0 Å². The fraction of sp³-hybridized carbons (Fsp3) is 0.167. The van der Waals surface area contributed by atoms with Gasteiger partial charge in [-0.25, -0.2) is 4.98 Å². The lowest BCUT2D eigenvalue weighted by molar-refractivity contribution is -0.121. The van der Waals surface area contributed by atoms with E-state index in [9.17, 15) is 4.79 Å². The second-order valence-corrected chi connectivity index (χ2v) is 5.92. The summed E-state index contributed by atoms with van der Waals surface area (Å²) in [4.78, 5) is 19.5. The van der Waals surface area contributed by atoms with Crippen molar-refractivity contribution in [3.63, 3.8) is 0 Å². The average Bonchev–Trinajstić information content (AvgIpc) is 3.02. The summed E-state index contributed by atoms with van der Waals surface area (Å²) in [5, 5.41) is 3.42. The van der Waals surface area contributed by atoms with Gasteiger partial charge in [-0.3, -0.25) is 15.6 Å². The van der Waals surface area contributed by atoms with E-state index in [2.05, 4.69) is 33.1 Å². The second-order valence-electron chi connectivity index (χ2n) is 5.52. The lowest BCUT2D eigenvalue weighted by atomic mass is 10.1. The number of nitrogens with one attached hydrogen (secondary N) is 4. The van der Waals surface area contributed by atoms with Crippen molar-refractivity contribution >= 4 is 40.0 Å². The maximum Gasteiger partial charge on any atom is 0.245 e. The summed E-state index contributed by atoms with van der Waals surface area (Å²) < 4.78 is 0. The van der Waals surface area contributed by atoms with Gasteiger partial charge in [-0.05, 0) is 42.4 Å². The Kier molecular flexibility index (Phi) is 5.25. The zero-order valence-corrected chi connectivity index (χ0v) is 14.6. The number of aromatic nitrogens is 2. The van der Waals surface area contributed by atoms with Gasteiger partial charge in [0.15, 0.2) is 5.11 Å². The molecule has 3 rings (SSSR count). The van der Waals surface area contributed by atoms with E-state index in [-0.39, 0.29) is 12.3 Å². The summed E-state index contributed by atoms with van der Waals surface area (Å²) in [5.74, 6) is 0.377. The lowest BCUT2D eigenvalue weighted by Gasteiger charge is -2.13. The molecular formula is C18H19N5OS. The van der Waals surface area contributed by atoms with Gasteiger partial charge in [0.05, 0.1) is 17.5 Å². The summed E-state index contributed by atoms with van der Waals surface area (Å²) in [7, 11) is 0. The van der Waals surface area contributed by atoms with E-state index in [0.717, 1.165) is 28.7 Å². The molecule has 0 fully saturated rings. The van der Waals surface area contributed by atoms with Gasteiger partial charge in [0.2, 0.25) is 5.91 Å². The van der Waals surface area contributed by atoms with Gasteiger partial charge >= 0.3 is 0 Å². The zero-order valence-electron chi connectivity index (χ0n) is 13.8. The Bertz CT molecular complexity index is 872. The quantitative estimate of drug-likeness (QED) is 0.428. The molecular weight excluding hydrogens is 334 g/mol. The van der Waals surface area contributed by atoms with E-state index in [1.807, 2.05) is 48.5 Å². The Morgan fingerprint density at radius 3 is 2.68 bits per heavy atom. The van der Waals surface area contributed by atoms with Crippen molar-refractivity contribution in [1.82, 2.24) is 20.8 Å². The summed E-state index contributed by atoms with van der Waals surface area (Å²) >= 11 is 5.22. The standard InChI is InChI=1S/C18H19N5OS/c1-2-12-7-3-4-8-13(12)21-18(25)23-22-17(24)11-16-19-14-9-5-6-10-15(14)20-16/h3-10H,2,11H2,1H3,(H,19,20)(H,22,24)(H2,21,23,25). The molecule has 6 nitrogen and oxygen atoms in total. The molecule has 0 bridgehead atoms. The summed E-state index contributed by atoms with van der Waals surface area (Å²) in [5.41, 5.74) is 9.12. The molecule has 7 heteroatoms. The molecule has 128 valence electrons. The third-order valence-corrected chi connectivity index (χ3v) is 3.93. The number of aromatic amines is 1. The first-order valence-electron chi connectivity index (χ1n) is 8.03. The van der Waals surface area contributed by atoms with E-state index in [1.165, 1.54) is 0 Å². The first-order valence-corrected chi connectivity index (χ1v) is 8.44. The van der Waals surface area contributed by atoms with Gasteiger partial charge in [0.25, 0.3) is 0 Å². The normalized spacial score (nSPS) is 10.4. The monoisotopic (exact) mass is 353 g/mol. The molecule has 0 saturated heterocycles. The van der Waals surface area contributed by atoms with Crippen LogP contribution in [0, 0.1) is 0 Å². The molecule has 1 aromatic heterocycles. The maximum absolute atomic E-state index is 12.0. The van der Waals surface area contributed by atoms with Gasteiger partial charge in [-0.15, -0.1) is 0 Å². The minimum atomic E-state index is -0.230. The third kappa shape index (κ3) is 4.33. The van der Waals surface area contributed by atoms with Crippen molar-refractivity contribution in [2.24, 2.45) is 0 Å². The SMILES string of the molecule is CCc1ccccc1NC(=S)NNC(=O)Cc1nc2ccccc2[nH]1. The molecule has 0 spiro atoms. The Morgan fingerprint density at radius 2 is 1.88 bits per heavy atom. The van der Waals surface area contributed by atoms with Crippen molar-refractivity contribution in [1.29, 1.82) is 0 Å². The number of carbonyl (C=O) groups excluding carboxylic acids is 1. The van der Waals surface area contributed by atoms with Crippen LogP contribution in [0.1, 0.15) is 18.3 Å². The molecule has 4 N–H and O–H groups in total. The van der Waals surface area contributed by atoms with Crippen molar-refractivity contribution in [2.75, 3.05) is 5.32 Å². The number of hydrogen-bond donors (Lipinski definition) is 4. The summed E-state index contributed by atoms with van der Waals surface area (Å²) in [6.45, 7) is 2.08. The molecule has 0 aliphatic rings. The molecule has 1 amide bonds. The zero-order chi connectivity index (χ0) is 17.6. The molecule has 0 radical (unpaired) electrons. The first-order chi connectivity index (χ1) is 12.2. The van der Waals surface area contributed by atoms with Crippen LogP contribution < -0.4 is 16.2 Å². The summed E-state index contributed by atoms with van der Waals surface area (Å²) in [6.07, 6.45) is 1.03. The summed E-state index contributed by atoms with van der Waals surface area (Å²) in [6, 6.07) is 15.5. The van der Waals surface area contributed by atoms with Gasteiger partial charge < -0.3 is 10.3 Å². The molecule has 0 aliphatic heterocycles. The van der Waals surface area contributed by atoms with Crippen LogP contribution in [0.15, 0.2) is 48.5 Å². The number of H-pyrrole nitrogens is 1. The predicted octanol–water partition coefficient (Wildman–Crippen LogP) is 2.69. The van der Waals surface area contributed by atoms with Gasteiger partial charge in [0, 0.05) is 5.69 Å². The van der Waals surface area contributed by atoms with E-state index in [1.54, 1.807) is 0 Å². The number of fused-ring (bicyclic) bond motifs is 1. The van der Waals surface area contributed by atoms with Crippen LogP contribution in [0.2, 0.25) is 0 Å². The van der Waals surface area contributed by atoms with Gasteiger partial charge in [-0.1, -0.05) is 37.3 Å². The number of imidazole rings is 1. The Labute approximate surface area is 151 Å². The topological polar surface area (TPSA) is 81.8 Å². The number of para-hydroxylation sites is 3. The number of hydrazine groups is 1.